The van der Waals surface area contributed by atoms with Crippen molar-refractivity contribution in [1.29, 1.82) is 0 Å². The average Bonchev–Trinajstić information content (AvgIpc) is 3.24. The highest BCUT2D eigenvalue weighted by molar-refractivity contribution is 5.63. The van der Waals surface area contributed by atoms with E-state index in [1.807, 2.05) is 49.8 Å². The molecule has 3 N–H and O–H groups in total. The number of anilines is 1. The molecule has 1 aliphatic heterocycles. The van der Waals surface area contributed by atoms with E-state index in [1.165, 1.54) is 0 Å². The van der Waals surface area contributed by atoms with Gasteiger partial charge in [-0.25, -0.2) is 9.97 Å². The highest BCUT2D eigenvalue weighted by atomic mass is 16.5. The molecule has 1 saturated heterocycles. The molecule has 8 nitrogen and oxygen atoms in total. The summed E-state index contributed by atoms with van der Waals surface area (Å²) in [5.41, 5.74) is 8.51. The smallest absolute Gasteiger partial charge is 0.263 e. The normalized spacial score (nSPS) is 17.3. The van der Waals surface area contributed by atoms with Gasteiger partial charge in [0.05, 0.1) is 35.9 Å². The van der Waals surface area contributed by atoms with Gasteiger partial charge in [-0.15, -0.1) is 0 Å². The number of ether oxygens (including phenoxy) is 1. The van der Waals surface area contributed by atoms with Crippen LogP contribution in [-0.4, -0.2) is 49.9 Å². The number of benzene rings is 1. The second-order valence-electron chi connectivity index (χ2n) is 8.95. The summed E-state index contributed by atoms with van der Waals surface area (Å²) in [7, 11) is 2.14. The number of rotatable bonds is 6. The van der Waals surface area contributed by atoms with Crippen LogP contribution in [0.3, 0.4) is 0 Å². The Balaban J connectivity index is 1.58. The van der Waals surface area contributed by atoms with Gasteiger partial charge < -0.3 is 20.5 Å². The summed E-state index contributed by atoms with van der Waals surface area (Å²) in [4.78, 5) is 11.2. The first-order valence-electron chi connectivity index (χ1n) is 11.1. The summed E-state index contributed by atoms with van der Waals surface area (Å²) in [6.07, 6.45) is 7.95. The lowest BCUT2D eigenvalue weighted by atomic mass is 9.90. The number of aromatic nitrogens is 4. The molecule has 0 amide bonds. The topological polar surface area (TPSA) is 102 Å². The summed E-state index contributed by atoms with van der Waals surface area (Å²) in [5, 5.41) is 15.2. The van der Waals surface area contributed by atoms with Crippen LogP contribution < -0.4 is 10.5 Å². The van der Waals surface area contributed by atoms with Crippen molar-refractivity contribution in [2.24, 2.45) is 0 Å². The molecule has 0 bridgehead atoms. The second-order valence-corrected chi connectivity index (χ2v) is 8.95. The van der Waals surface area contributed by atoms with E-state index in [-0.39, 0.29) is 11.7 Å². The van der Waals surface area contributed by atoms with Crippen LogP contribution in [0.1, 0.15) is 50.3 Å². The highest BCUT2D eigenvalue weighted by Gasteiger charge is 2.22. The molecule has 0 aliphatic carbocycles. The molecule has 1 aliphatic rings. The van der Waals surface area contributed by atoms with Crippen molar-refractivity contribution in [3.05, 3.63) is 47.9 Å². The molecule has 32 heavy (non-hydrogen) atoms. The third-order valence-corrected chi connectivity index (χ3v) is 6.31. The predicted molar refractivity (Wildman–Crippen MR) is 125 cm³/mol. The van der Waals surface area contributed by atoms with Gasteiger partial charge in [-0.1, -0.05) is 18.6 Å². The number of hydrogen-bond acceptors (Lipinski definition) is 7. The Labute approximate surface area is 189 Å². The van der Waals surface area contributed by atoms with Crippen LogP contribution >= 0.6 is 0 Å². The van der Waals surface area contributed by atoms with Gasteiger partial charge in [-0.05, 0) is 70.9 Å². The number of nitrogen functional groups attached to an aromatic ring is 1. The van der Waals surface area contributed by atoms with E-state index in [4.69, 9.17) is 10.5 Å². The molecule has 1 fully saturated rings. The number of nitrogens with zero attached hydrogens (tertiary/aromatic N) is 5. The maximum absolute atomic E-state index is 10.7. The Morgan fingerprint density at radius 3 is 2.69 bits per heavy atom. The third-order valence-electron chi connectivity index (χ3n) is 6.31. The highest BCUT2D eigenvalue weighted by Crippen LogP contribution is 2.32. The Morgan fingerprint density at radius 2 is 1.97 bits per heavy atom. The van der Waals surface area contributed by atoms with Crippen LogP contribution in [-0.2, 0) is 5.60 Å². The van der Waals surface area contributed by atoms with Crippen molar-refractivity contribution in [3.63, 3.8) is 0 Å². The van der Waals surface area contributed by atoms with Gasteiger partial charge in [-0.2, -0.15) is 5.10 Å². The minimum absolute atomic E-state index is 0.217. The van der Waals surface area contributed by atoms with Crippen LogP contribution in [0.5, 0.6) is 11.6 Å². The molecule has 0 radical (unpaired) electrons. The lowest BCUT2D eigenvalue weighted by Crippen LogP contribution is -2.31. The number of hydrogen-bond donors (Lipinski definition) is 2. The lowest BCUT2D eigenvalue weighted by Gasteiger charge is -2.28. The molecular formula is C24H32N6O2. The number of aryl methyl sites for hydroxylation is 1. The predicted octanol–water partition coefficient (Wildman–Crippen LogP) is 3.91. The number of nitrogens with two attached hydrogens (primary N) is 1. The number of likely N-dealkylation sites (tertiary alicyclic amines) is 1. The zero-order valence-corrected chi connectivity index (χ0v) is 19.2. The monoisotopic (exact) mass is 436 g/mol. The molecule has 4 rings (SSSR count). The largest absolute Gasteiger partial charge is 0.433 e. The van der Waals surface area contributed by atoms with Crippen molar-refractivity contribution in [3.8, 4) is 22.9 Å². The second kappa shape index (κ2) is 8.88. The standard InChI is InChI=1S/C24H32N6O2/c1-5-24(3,31)18-11-16(2)10-17(12-18)21-14-26-22(25)23(28-21)32-20-13-27-30(15-20)19-6-8-29(4)9-7-19/h10-15,19,31H,5-9H2,1-4H3,(H2,25,26). The van der Waals surface area contributed by atoms with Crippen LogP contribution in [0.25, 0.3) is 11.3 Å². The van der Waals surface area contributed by atoms with E-state index in [1.54, 1.807) is 12.4 Å². The molecular weight excluding hydrogens is 404 g/mol. The zero-order valence-electron chi connectivity index (χ0n) is 19.2. The molecule has 0 saturated carbocycles. The van der Waals surface area contributed by atoms with E-state index in [9.17, 15) is 5.11 Å². The minimum atomic E-state index is -0.913. The molecule has 8 heteroatoms. The quantitative estimate of drug-likeness (QED) is 0.604. The zero-order chi connectivity index (χ0) is 22.9. The molecule has 1 unspecified atom stereocenters. The lowest BCUT2D eigenvalue weighted by molar-refractivity contribution is 0.0531. The van der Waals surface area contributed by atoms with Crippen LogP contribution in [0.15, 0.2) is 36.8 Å². The van der Waals surface area contributed by atoms with Gasteiger partial charge >= 0.3 is 0 Å². The first-order chi connectivity index (χ1) is 15.2. The Morgan fingerprint density at radius 1 is 1.22 bits per heavy atom. The summed E-state index contributed by atoms with van der Waals surface area (Å²) in [5.74, 6) is 1.05. The first-order valence-corrected chi connectivity index (χ1v) is 11.1. The fourth-order valence-corrected chi connectivity index (χ4v) is 3.99. The van der Waals surface area contributed by atoms with Crippen molar-refractivity contribution in [2.45, 2.75) is 51.7 Å². The van der Waals surface area contributed by atoms with E-state index in [0.717, 1.165) is 42.6 Å². The summed E-state index contributed by atoms with van der Waals surface area (Å²) in [6, 6.07) is 6.32. The third kappa shape index (κ3) is 4.76. The van der Waals surface area contributed by atoms with Gasteiger partial charge in [0.25, 0.3) is 5.88 Å². The Hall–Kier alpha value is -2.97. The maximum atomic E-state index is 10.7. The fraction of sp³-hybridized carbons (Fsp3) is 0.458. The van der Waals surface area contributed by atoms with Crippen LogP contribution in [0.2, 0.25) is 0 Å². The van der Waals surface area contributed by atoms with Gasteiger partial charge in [0.1, 0.15) is 0 Å². The van der Waals surface area contributed by atoms with Crippen molar-refractivity contribution >= 4 is 5.82 Å². The van der Waals surface area contributed by atoms with Crippen LogP contribution in [0.4, 0.5) is 5.82 Å². The SMILES string of the molecule is CCC(C)(O)c1cc(C)cc(-c2cnc(N)c(Oc3cnn(C4CCN(C)CC4)c3)n2)c1. The molecule has 3 aromatic rings. The summed E-state index contributed by atoms with van der Waals surface area (Å²) >= 11 is 0. The molecule has 2 aromatic heterocycles. The number of piperidine rings is 1. The number of aliphatic hydroxyl groups is 1. The van der Waals surface area contributed by atoms with Crippen molar-refractivity contribution < 1.29 is 9.84 Å². The van der Waals surface area contributed by atoms with E-state index in [2.05, 4.69) is 27.0 Å². The Bertz CT molecular complexity index is 1090. The van der Waals surface area contributed by atoms with Crippen molar-refractivity contribution in [1.82, 2.24) is 24.6 Å². The molecule has 170 valence electrons. The maximum Gasteiger partial charge on any atom is 0.263 e. The van der Waals surface area contributed by atoms with Gasteiger partial charge in [-0.3, -0.25) is 4.68 Å². The van der Waals surface area contributed by atoms with Gasteiger partial charge in [0.15, 0.2) is 11.6 Å². The van der Waals surface area contributed by atoms with E-state index < -0.39 is 5.60 Å². The van der Waals surface area contributed by atoms with Gasteiger partial charge in [0.2, 0.25) is 0 Å². The van der Waals surface area contributed by atoms with Crippen molar-refractivity contribution in [2.75, 3.05) is 25.9 Å². The van der Waals surface area contributed by atoms with E-state index >= 15 is 0 Å². The molecule has 0 spiro atoms. The minimum Gasteiger partial charge on any atom is -0.433 e. The first kappa shape index (κ1) is 22.2. The average molecular weight is 437 g/mol. The fourth-order valence-electron chi connectivity index (χ4n) is 3.99. The molecule has 1 aromatic carbocycles. The van der Waals surface area contributed by atoms with Crippen LogP contribution in [0, 0.1) is 6.92 Å². The summed E-state index contributed by atoms with van der Waals surface area (Å²) < 4.78 is 7.94. The Kier molecular flexibility index (Phi) is 6.17. The molecule has 1 atom stereocenters. The van der Waals surface area contributed by atoms with E-state index in [0.29, 0.717) is 23.9 Å². The summed E-state index contributed by atoms with van der Waals surface area (Å²) in [6.45, 7) is 7.90. The molecule has 3 heterocycles. The van der Waals surface area contributed by atoms with Gasteiger partial charge in [0, 0.05) is 5.56 Å².